The third-order valence-corrected chi connectivity index (χ3v) is 4.50. The lowest BCUT2D eigenvalue weighted by atomic mass is 10.1. The molecule has 1 aromatic carbocycles. The van der Waals surface area contributed by atoms with Gasteiger partial charge in [0, 0.05) is 16.1 Å². The first-order valence-electron chi connectivity index (χ1n) is 7.44. The first kappa shape index (κ1) is 20.0. The second kappa shape index (κ2) is 8.70. The molecular weight excluding hydrogens is 348 g/mol. The zero-order valence-electron chi connectivity index (χ0n) is 13.8. The number of hydrogen-bond donors (Lipinski definition) is 2. The Hall–Kier alpha value is -2.05. The standard InChI is InChI=1S/C17H20N2O3S.ClH/c1-4-13-10(3)23-16(14(13)17(21)22-5-2)19-15(20)11-6-8-12(18)9-7-11;/h6-9H,4-5,18H2,1-3H3,(H,19,20);1H. The zero-order chi connectivity index (χ0) is 17.0. The molecule has 0 atom stereocenters. The number of ether oxygens (including phenoxy) is 1. The van der Waals surface area contributed by atoms with Crippen LogP contribution in [0.3, 0.4) is 0 Å². The number of benzene rings is 1. The van der Waals surface area contributed by atoms with Crippen molar-refractivity contribution < 1.29 is 14.3 Å². The normalized spacial score (nSPS) is 9.96. The highest BCUT2D eigenvalue weighted by Crippen LogP contribution is 2.34. The molecule has 0 saturated heterocycles. The Morgan fingerprint density at radius 3 is 2.38 bits per heavy atom. The van der Waals surface area contributed by atoms with Gasteiger partial charge in [0.05, 0.1) is 12.2 Å². The van der Waals surface area contributed by atoms with Crippen molar-refractivity contribution in [3.05, 3.63) is 45.8 Å². The summed E-state index contributed by atoms with van der Waals surface area (Å²) in [6.07, 6.45) is 0.703. The van der Waals surface area contributed by atoms with Gasteiger partial charge in [-0.3, -0.25) is 4.79 Å². The van der Waals surface area contributed by atoms with Crippen molar-refractivity contribution in [3.63, 3.8) is 0 Å². The second-order valence-electron chi connectivity index (χ2n) is 4.99. The molecular formula is C17H21ClN2O3S. The van der Waals surface area contributed by atoms with E-state index in [2.05, 4.69) is 5.32 Å². The zero-order valence-corrected chi connectivity index (χ0v) is 15.5. The first-order chi connectivity index (χ1) is 11.0. The molecule has 130 valence electrons. The largest absolute Gasteiger partial charge is 0.462 e. The summed E-state index contributed by atoms with van der Waals surface area (Å²) in [5, 5.41) is 3.35. The van der Waals surface area contributed by atoms with Gasteiger partial charge in [0.15, 0.2) is 0 Å². The molecule has 0 aliphatic rings. The average molecular weight is 369 g/mol. The monoisotopic (exact) mass is 368 g/mol. The summed E-state index contributed by atoms with van der Waals surface area (Å²) in [5.41, 5.74) is 8.08. The van der Waals surface area contributed by atoms with Crippen LogP contribution in [0.4, 0.5) is 10.7 Å². The number of carbonyl (C=O) groups is 2. The molecule has 3 N–H and O–H groups in total. The van der Waals surface area contributed by atoms with E-state index in [4.69, 9.17) is 10.5 Å². The molecule has 0 bridgehead atoms. The van der Waals surface area contributed by atoms with Crippen LogP contribution in [0.5, 0.6) is 0 Å². The average Bonchev–Trinajstić information content (AvgIpc) is 2.83. The van der Waals surface area contributed by atoms with Gasteiger partial charge in [0.2, 0.25) is 0 Å². The van der Waals surface area contributed by atoms with Gasteiger partial charge in [-0.1, -0.05) is 6.92 Å². The minimum Gasteiger partial charge on any atom is -0.462 e. The van der Waals surface area contributed by atoms with Gasteiger partial charge in [-0.05, 0) is 50.1 Å². The predicted octanol–water partition coefficient (Wildman–Crippen LogP) is 4.05. The van der Waals surface area contributed by atoms with Crippen LogP contribution in [-0.2, 0) is 11.2 Å². The number of hydrogen-bond acceptors (Lipinski definition) is 5. The summed E-state index contributed by atoms with van der Waals surface area (Å²) in [4.78, 5) is 25.6. The van der Waals surface area contributed by atoms with Crippen LogP contribution in [0.15, 0.2) is 24.3 Å². The maximum atomic E-state index is 12.4. The van der Waals surface area contributed by atoms with Crippen LogP contribution in [-0.4, -0.2) is 18.5 Å². The molecule has 0 aliphatic carbocycles. The Bertz CT molecular complexity index is 726. The van der Waals surface area contributed by atoms with E-state index in [-0.39, 0.29) is 18.3 Å². The van der Waals surface area contributed by atoms with Gasteiger partial charge in [-0.2, -0.15) is 0 Å². The molecule has 2 aromatic rings. The van der Waals surface area contributed by atoms with Crippen LogP contribution in [0.1, 0.15) is 45.0 Å². The summed E-state index contributed by atoms with van der Waals surface area (Å²) < 4.78 is 5.13. The van der Waals surface area contributed by atoms with Crippen molar-refractivity contribution in [2.75, 3.05) is 17.7 Å². The van der Waals surface area contributed by atoms with E-state index in [1.165, 1.54) is 11.3 Å². The molecule has 0 saturated carbocycles. The molecule has 5 nitrogen and oxygen atoms in total. The number of nitrogens with one attached hydrogen (secondary N) is 1. The number of thiophene rings is 1. The van der Waals surface area contributed by atoms with Gasteiger partial charge in [-0.25, -0.2) is 4.79 Å². The van der Waals surface area contributed by atoms with E-state index in [9.17, 15) is 9.59 Å². The Morgan fingerprint density at radius 2 is 1.83 bits per heavy atom. The topological polar surface area (TPSA) is 81.4 Å². The highest BCUT2D eigenvalue weighted by molar-refractivity contribution is 7.16. The lowest BCUT2D eigenvalue weighted by Crippen LogP contribution is -2.15. The molecule has 24 heavy (non-hydrogen) atoms. The lowest BCUT2D eigenvalue weighted by Gasteiger charge is -2.08. The minimum atomic E-state index is -0.402. The fourth-order valence-electron chi connectivity index (χ4n) is 2.32. The highest BCUT2D eigenvalue weighted by atomic mass is 35.5. The number of rotatable bonds is 5. The first-order valence-corrected chi connectivity index (χ1v) is 8.25. The summed E-state index contributed by atoms with van der Waals surface area (Å²) in [7, 11) is 0. The van der Waals surface area contributed by atoms with Gasteiger partial charge < -0.3 is 15.8 Å². The Balaban J connectivity index is 0.00000288. The lowest BCUT2D eigenvalue weighted by molar-refractivity contribution is 0.0527. The van der Waals surface area contributed by atoms with Crippen molar-refractivity contribution in [1.82, 2.24) is 0 Å². The number of aryl methyl sites for hydroxylation is 1. The molecule has 0 radical (unpaired) electrons. The van der Waals surface area contributed by atoms with Crippen molar-refractivity contribution in [2.45, 2.75) is 27.2 Å². The molecule has 1 aromatic heterocycles. The van der Waals surface area contributed by atoms with Crippen LogP contribution in [0, 0.1) is 6.92 Å². The quantitative estimate of drug-likeness (QED) is 0.616. The van der Waals surface area contributed by atoms with Crippen LogP contribution < -0.4 is 11.1 Å². The third-order valence-electron chi connectivity index (χ3n) is 3.44. The van der Waals surface area contributed by atoms with E-state index in [1.807, 2.05) is 13.8 Å². The van der Waals surface area contributed by atoms with Crippen LogP contribution in [0.25, 0.3) is 0 Å². The van der Waals surface area contributed by atoms with E-state index < -0.39 is 5.97 Å². The molecule has 7 heteroatoms. The fraction of sp³-hybridized carbons (Fsp3) is 0.294. The number of nitrogen functional groups attached to an aromatic ring is 1. The number of halogens is 1. The molecule has 0 spiro atoms. The molecule has 2 rings (SSSR count). The number of carbonyl (C=O) groups excluding carboxylic acids is 2. The Morgan fingerprint density at radius 1 is 1.21 bits per heavy atom. The highest BCUT2D eigenvalue weighted by Gasteiger charge is 2.23. The Kier molecular flexibility index (Phi) is 7.25. The van der Waals surface area contributed by atoms with Gasteiger partial charge in [0.25, 0.3) is 5.91 Å². The number of nitrogens with two attached hydrogens (primary N) is 1. The van der Waals surface area contributed by atoms with Gasteiger partial charge in [-0.15, -0.1) is 23.7 Å². The van der Waals surface area contributed by atoms with Crippen molar-refractivity contribution in [1.29, 1.82) is 0 Å². The van der Waals surface area contributed by atoms with E-state index in [0.717, 1.165) is 10.4 Å². The molecule has 0 fully saturated rings. The number of esters is 1. The maximum Gasteiger partial charge on any atom is 0.341 e. The summed E-state index contributed by atoms with van der Waals surface area (Å²) in [6, 6.07) is 6.63. The SMILES string of the molecule is CCOC(=O)c1c(NC(=O)c2ccc(N)cc2)sc(C)c1CC.Cl. The van der Waals surface area contributed by atoms with E-state index in [1.54, 1.807) is 31.2 Å². The predicted molar refractivity (Wildman–Crippen MR) is 100 cm³/mol. The molecule has 0 aliphatic heterocycles. The van der Waals surface area contributed by atoms with Crippen molar-refractivity contribution in [3.8, 4) is 0 Å². The van der Waals surface area contributed by atoms with Gasteiger partial charge in [0.1, 0.15) is 5.00 Å². The van der Waals surface area contributed by atoms with Crippen molar-refractivity contribution >= 4 is 46.3 Å². The summed E-state index contributed by atoms with van der Waals surface area (Å²) >= 11 is 1.39. The van der Waals surface area contributed by atoms with E-state index >= 15 is 0 Å². The summed E-state index contributed by atoms with van der Waals surface area (Å²) in [5.74, 6) is -0.680. The summed E-state index contributed by atoms with van der Waals surface area (Å²) in [6.45, 7) is 5.96. The molecule has 1 heterocycles. The van der Waals surface area contributed by atoms with E-state index in [0.29, 0.717) is 34.8 Å². The molecule has 0 unspecified atom stereocenters. The number of anilines is 2. The van der Waals surface area contributed by atoms with Crippen LogP contribution in [0.2, 0.25) is 0 Å². The smallest absolute Gasteiger partial charge is 0.341 e. The number of amides is 1. The molecule has 1 amide bonds. The van der Waals surface area contributed by atoms with Crippen LogP contribution >= 0.6 is 23.7 Å². The Labute approximate surface area is 151 Å². The maximum absolute atomic E-state index is 12.4. The fourth-order valence-corrected chi connectivity index (χ4v) is 3.45. The van der Waals surface area contributed by atoms with Gasteiger partial charge >= 0.3 is 5.97 Å². The third kappa shape index (κ3) is 4.27. The van der Waals surface area contributed by atoms with Crippen molar-refractivity contribution in [2.24, 2.45) is 0 Å². The minimum absolute atomic E-state index is 0. The second-order valence-corrected chi connectivity index (χ2v) is 6.22.